The van der Waals surface area contributed by atoms with E-state index in [-0.39, 0.29) is 23.7 Å². The van der Waals surface area contributed by atoms with Crippen LogP contribution in [0.3, 0.4) is 0 Å². The molecule has 0 bridgehead atoms. The number of hydrogen-bond donors (Lipinski definition) is 2. The maximum Gasteiger partial charge on any atom is 0.329 e. The molecular weight excluding hydrogens is 290 g/mol. The van der Waals surface area contributed by atoms with Gasteiger partial charge in [-0.25, -0.2) is 4.79 Å². The van der Waals surface area contributed by atoms with Gasteiger partial charge < -0.3 is 10.5 Å². The molecule has 2 rings (SSSR count). The van der Waals surface area contributed by atoms with Crippen molar-refractivity contribution in [2.45, 2.75) is 19.3 Å². The molecule has 118 valence electrons. The van der Waals surface area contributed by atoms with Gasteiger partial charge in [0.2, 0.25) is 5.78 Å². The number of rotatable bonds is 5. The van der Waals surface area contributed by atoms with Gasteiger partial charge in [-0.2, -0.15) is 0 Å². The van der Waals surface area contributed by atoms with Crippen LogP contribution in [-0.4, -0.2) is 27.9 Å². The Morgan fingerprint density at radius 3 is 2.82 bits per heavy atom. The summed E-state index contributed by atoms with van der Waals surface area (Å²) < 4.78 is 5.83. The van der Waals surface area contributed by atoms with E-state index in [1.165, 1.54) is 7.05 Å². The van der Waals surface area contributed by atoms with Gasteiger partial charge >= 0.3 is 11.7 Å². The molecule has 0 radical (unpaired) electrons. The Balaban J connectivity index is 2.02. The summed E-state index contributed by atoms with van der Waals surface area (Å²) in [6.45, 7) is -0.583. The smallest absolute Gasteiger partial charge is 0.329 e. The number of nitrogen functional groups attached to an aromatic ring is 1. The van der Waals surface area contributed by atoms with Crippen LogP contribution in [0.2, 0.25) is 0 Å². The highest BCUT2D eigenvalue weighted by Crippen LogP contribution is 2.20. The Kier molecular flexibility index (Phi) is 4.59. The predicted molar refractivity (Wildman–Crippen MR) is 78.5 cm³/mol. The number of ether oxygens (including phenoxy) is 1. The Hall–Kier alpha value is -2.64. The van der Waals surface area contributed by atoms with Crippen molar-refractivity contribution in [3.63, 3.8) is 0 Å². The van der Waals surface area contributed by atoms with Gasteiger partial charge in [0.05, 0.1) is 6.42 Å². The first kappa shape index (κ1) is 15.7. The number of allylic oxidation sites excluding steroid dienone is 2. The molecule has 1 heterocycles. The van der Waals surface area contributed by atoms with Crippen LogP contribution in [0, 0.1) is 5.92 Å². The fourth-order valence-electron chi connectivity index (χ4n) is 2.26. The van der Waals surface area contributed by atoms with Crippen molar-refractivity contribution in [1.29, 1.82) is 0 Å². The Labute approximate surface area is 125 Å². The van der Waals surface area contributed by atoms with Gasteiger partial charge in [-0.15, -0.1) is 0 Å². The van der Waals surface area contributed by atoms with E-state index in [4.69, 9.17) is 10.5 Å². The molecule has 1 aromatic rings. The summed E-state index contributed by atoms with van der Waals surface area (Å²) in [7, 11) is 1.32. The molecule has 1 aliphatic carbocycles. The molecule has 0 unspecified atom stereocenters. The molecular formula is C14H17N3O5. The van der Waals surface area contributed by atoms with E-state index >= 15 is 0 Å². The number of carbonyl (C=O) groups excluding carboxylic acids is 2. The van der Waals surface area contributed by atoms with Gasteiger partial charge in [-0.3, -0.25) is 23.9 Å². The minimum Gasteiger partial charge on any atom is -0.457 e. The number of aromatic nitrogens is 2. The molecule has 0 saturated carbocycles. The third-order valence-corrected chi connectivity index (χ3v) is 3.55. The molecule has 0 amide bonds. The van der Waals surface area contributed by atoms with Crippen LogP contribution in [0.25, 0.3) is 0 Å². The highest BCUT2D eigenvalue weighted by atomic mass is 16.5. The number of Topliss-reactive ketones (excluding diaryl/α,β-unsaturated/α-hetero) is 1. The molecule has 0 aromatic carbocycles. The second-order valence-corrected chi connectivity index (χ2v) is 5.13. The van der Waals surface area contributed by atoms with Gasteiger partial charge in [-0.1, -0.05) is 12.2 Å². The third-order valence-electron chi connectivity index (χ3n) is 3.55. The van der Waals surface area contributed by atoms with E-state index in [0.717, 1.165) is 17.4 Å². The zero-order valence-electron chi connectivity index (χ0n) is 12.1. The maximum atomic E-state index is 12.0. The summed E-state index contributed by atoms with van der Waals surface area (Å²) >= 11 is 0. The largest absolute Gasteiger partial charge is 0.457 e. The zero-order valence-corrected chi connectivity index (χ0v) is 12.1. The number of nitrogens with one attached hydrogen (secondary N) is 1. The number of anilines is 1. The number of carbonyl (C=O) groups is 2. The SMILES string of the molecule is Cn1c(N)c(C(=O)COC(=O)C[C@@H]2C=CCC2)c(=O)[nH]c1=O. The van der Waals surface area contributed by atoms with Crippen LogP contribution in [-0.2, 0) is 16.6 Å². The van der Waals surface area contributed by atoms with E-state index in [1.54, 1.807) is 0 Å². The monoisotopic (exact) mass is 307 g/mol. The molecule has 3 N–H and O–H groups in total. The lowest BCUT2D eigenvalue weighted by Crippen LogP contribution is -2.35. The van der Waals surface area contributed by atoms with Crippen molar-refractivity contribution in [3.8, 4) is 0 Å². The third kappa shape index (κ3) is 3.33. The van der Waals surface area contributed by atoms with Crippen LogP contribution in [0.4, 0.5) is 5.82 Å². The number of ketones is 1. The average Bonchev–Trinajstić information content (AvgIpc) is 2.95. The highest BCUT2D eigenvalue weighted by molar-refractivity contribution is 6.01. The minimum atomic E-state index is -0.889. The lowest BCUT2D eigenvalue weighted by atomic mass is 10.1. The molecule has 22 heavy (non-hydrogen) atoms. The molecule has 0 fully saturated rings. The molecule has 1 aliphatic rings. The quantitative estimate of drug-likeness (QED) is 0.438. The minimum absolute atomic E-state index is 0.133. The standard InChI is InChI=1S/C14H17N3O5/c1-17-12(15)11(13(20)16-14(17)21)9(18)7-22-10(19)6-8-4-2-3-5-8/h2,4,8H,3,5-7,15H2,1H3,(H,16,20,21)/t8-/m1/s1. The second-order valence-electron chi connectivity index (χ2n) is 5.13. The summed E-state index contributed by atoms with van der Waals surface area (Å²) in [6, 6.07) is 0. The van der Waals surface area contributed by atoms with Gasteiger partial charge in [0, 0.05) is 7.05 Å². The predicted octanol–water partition coefficient (Wildman–Crippen LogP) is -0.262. The fraction of sp³-hybridized carbons (Fsp3) is 0.429. The van der Waals surface area contributed by atoms with Crippen LogP contribution < -0.4 is 17.0 Å². The number of aromatic amines is 1. The summed E-state index contributed by atoms with van der Waals surface area (Å²) in [4.78, 5) is 48.6. The van der Waals surface area contributed by atoms with E-state index in [1.807, 2.05) is 17.1 Å². The lowest BCUT2D eigenvalue weighted by Gasteiger charge is -2.09. The first-order valence-corrected chi connectivity index (χ1v) is 6.84. The van der Waals surface area contributed by atoms with Crippen molar-refractivity contribution in [3.05, 3.63) is 38.6 Å². The normalized spacial score (nSPS) is 16.7. The van der Waals surface area contributed by atoms with Gasteiger partial charge in [0.25, 0.3) is 5.56 Å². The van der Waals surface area contributed by atoms with Crippen molar-refractivity contribution in [2.75, 3.05) is 12.3 Å². The average molecular weight is 307 g/mol. The number of esters is 1. The van der Waals surface area contributed by atoms with Crippen LogP contribution in [0.5, 0.6) is 0 Å². The molecule has 0 spiro atoms. The molecule has 0 aliphatic heterocycles. The summed E-state index contributed by atoms with van der Waals surface area (Å²) in [5.74, 6) is -1.38. The summed E-state index contributed by atoms with van der Waals surface area (Å²) in [5, 5.41) is 0. The van der Waals surface area contributed by atoms with E-state index in [0.29, 0.717) is 0 Å². The number of H-pyrrole nitrogens is 1. The zero-order chi connectivity index (χ0) is 16.3. The lowest BCUT2D eigenvalue weighted by molar-refractivity contribution is -0.143. The van der Waals surface area contributed by atoms with Gasteiger partial charge in [0.15, 0.2) is 6.61 Å². The van der Waals surface area contributed by atoms with Crippen LogP contribution >= 0.6 is 0 Å². The maximum absolute atomic E-state index is 12.0. The number of hydrogen-bond acceptors (Lipinski definition) is 6. The fourth-order valence-corrected chi connectivity index (χ4v) is 2.26. The molecule has 1 aromatic heterocycles. The Bertz CT molecular complexity index is 744. The van der Waals surface area contributed by atoms with Crippen molar-refractivity contribution in [1.82, 2.24) is 9.55 Å². The van der Waals surface area contributed by atoms with Crippen molar-refractivity contribution in [2.24, 2.45) is 13.0 Å². The Morgan fingerprint density at radius 2 is 2.18 bits per heavy atom. The summed E-state index contributed by atoms with van der Waals surface area (Å²) in [5.41, 5.74) is 3.61. The number of nitrogens with two attached hydrogens (primary N) is 1. The molecule has 8 heteroatoms. The molecule has 1 atom stereocenters. The van der Waals surface area contributed by atoms with E-state index < -0.39 is 29.6 Å². The highest BCUT2D eigenvalue weighted by Gasteiger charge is 2.21. The van der Waals surface area contributed by atoms with E-state index in [9.17, 15) is 19.2 Å². The van der Waals surface area contributed by atoms with Gasteiger partial charge in [0.1, 0.15) is 11.4 Å². The first-order valence-electron chi connectivity index (χ1n) is 6.84. The number of nitrogens with zero attached hydrogens (tertiary/aromatic N) is 1. The van der Waals surface area contributed by atoms with Crippen molar-refractivity contribution < 1.29 is 14.3 Å². The van der Waals surface area contributed by atoms with Crippen LogP contribution in [0.1, 0.15) is 29.6 Å². The van der Waals surface area contributed by atoms with E-state index in [2.05, 4.69) is 0 Å². The second kappa shape index (κ2) is 6.42. The van der Waals surface area contributed by atoms with Crippen LogP contribution in [0.15, 0.2) is 21.7 Å². The van der Waals surface area contributed by atoms with Gasteiger partial charge in [-0.05, 0) is 18.8 Å². The Morgan fingerprint density at radius 1 is 1.45 bits per heavy atom. The molecule has 8 nitrogen and oxygen atoms in total. The van der Waals surface area contributed by atoms with Crippen molar-refractivity contribution >= 4 is 17.6 Å². The topological polar surface area (TPSA) is 124 Å². The summed E-state index contributed by atoms with van der Waals surface area (Å²) in [6.07, 6.45) is 5.95. The molecule has 0 saturated heterocycles. The first-order chi connectivity index (χ1) is 10.4.